The van der Waals surface area contributed by atoms with Gasteiger partial charge in [-0.2, -0.15) is 0 Å². The summed E-state index contributed by atoms with van der Waals surface area (Å²) in [6.07, 6.45) is 12.0. The number of alkyl carbamates (subject to hydrolysis) is 1. The van der Waals surface area contributed by atoms with E-state index in [-0.39, 0.29) is 61.9 Å². The number of hydrogen-bond donors (Lipinski definition) is 6. The Morgan fingerprint density at radius 3 is 1.58 bits per heavy atom. The molecule has 7 N–H and O–H groups in total. The first-order valence-electron chi connectivity index (χ1n) is 23.0. The van der Waals surface area contributed by atoms with Crippen LogP contribution in [-0.4, -0.2) is 170 Å². The molecule has 0 unspecified atom stereocenters. The Morgan fingerprint density at radius 2 is 1.14 bits per heavy atom. The number of carbonyl (C=O) groups excluding carboxylic acids is 3. The van der Waals surface area contributed by atoms with Gasteiger partial charge in [-0.15, -0.1) is 0 Å². The summed E-state index contributed by atoms with van der Waals surface area (Å²) in [7, 11) is 0. The van der Waals surface area contributed by atoms with Gasteiger partial charge < -0.3 is 55.6 Å². The molecular weight excluding hydrogens is 829 g/mol. The molecule has 2 saturated carbocycles. The van der Waals surface area contributed by atoms with E-state index in [4.69, 9.17) is 29.4 Å². The number of hydrogen-bond acceptors (Lipinski definition) is 13. The number of nitrogens with one attached hydrogen (secondary N) is 3. The van der Waals surface area contributed by atoms with Crippen LogP contribution < -0.4 is 21.7 Å². The first kappa shape index (κ1) is 53.0. The van der Waals surface area contributed by atoms with E-state index < -0.39 is 47.8 Å². The average molecular weight is 907 g/mol. The fourth-order valence-corrected chi connectivity index (χ4v) is 8.78. The minimum atomic E-state index is -1.04. The van der Waals surface area contributed by atoms with Crippen LogP contribution in [0.25, 0.3) is 0 Å². The molecule has 0 radical (unpaired) electrons. The maximum atomic E-state index is 12.5. The highest BCUT2D eigenvalue weighted by molar-refractivity contribution is 5.88. The van der Waals surface area contributed by atoms with Gasteiger partial charge in [0.25, 0.3) is 0 Å². The van der Waals surface area contributed by atoms with Crippen molar-refractivity contribution in [3.8, 4) is 0 Å². The Morgan fingerprint density at radius 1 is 0.688 bits per heavy atom. The Kier molecular flexibility index (Phi) is 20.9. The molecule has 0 spiro atoms. The summed E-state index contributed by atoms with van der Waals surface area (Å²) in [6.45, 7) is 14.9. The van der Waals surface area contributed by atoms with E-state index in [1.165, 1.54) is 39.5 Å². The standard InChI is InChI=1S/C25H41N3O7.C20H33N3O5.CH4/c1-16(29)26-22-20(27-24(32)35-25(2,3)4)12-18(23(30)31)13-21(22)28-9-5-6-19(14-28)34-11-10-33-15-17-7-8-17;1-13(24)22-19-17(21)9-15(20(25)26)10-18(19)23-6-2-3-16(11-23)28-8-7-27-12-14-4-5-14;/h13,17,19-22H,5-12,14-15H2,1-4H3,(H,26,29)(H,27,32)(H,30,31);10,14,16-19H,2-9,11-12,21H2,1H3,(H,22,24)(H,25,26);1H4/t19-,20-,21+,22+;16-,17-,18+,19+;/m00./s1. The second-order valence-electron chi connectivity index (χ2n) is 19.0. The van der Waals surface area contributed by atoms with Gasteiger partial charge in [0.05, 0.1) is 68.8 Å². The van der Waals surface area contributed by atoms with Crippen molar-refractivity contribution >= 4 is 29.8 Å². The smallest absolute Gasteiger partial charge is 0.407 e. The molecule has 8 atom stereocenters. The lowest BCUT2D eigenvalue weighted by atomic mass is 9.84. The van der Waals surface area contributed by atoms with E-state index in [1.807, 2.05) is 0 Å². The number of nitrogens with two attached hydrogens (primary N) is 1. The third-order valence-corrected chi connectivity index (χ3v) is 12.2. The highest BCUT2D eigenvalue weighted by Gasteiger charge is 2.42. The zero-order valence-electron chi connectivity index (χ0n) is 38.0. The predicted molar refractivity (Wildman–Crippen MR) is 240 cm³/mol. The van der Waals surface area contributed by atoms with Gasteiger partial charge in [0.2, 0.25) is 11.8 Å². The molecule has 2 aliphatic heterocycles. The number of piperidine rings is 2. The molecule has 18 nitrogen and oxygen atoms in total. The van der Waals surface area contributed by atoms with Crippen LogP contribution in [0.2, 0.25) is 0 Å². The second kappa shape index (κ2) is 25.3. The van der Waals surface area contributed by atoms with Crippen molar-refractivity contribution in [2.75, 3.05) is 65.8 Å². The Balaban J connectivity index is 0.000000283. The van der Waals surface area contributed by atoms with Gasteiger partial charge in [0.1, 0.15) is 5.60 Å². The van der Waals surface area contributed by atoms with Crippen molar-refractivity contribution in [2.45, 2.75) is 160 Å². The molecule has 2 saturated heterocycles. The normalized spacial score (nSPS) is 28.8. The zero-order valence-corrected chi connectivity index (χ0v) is 38.0. The van der Waals surface area contributed by atoms with Gasteiger partial charge in [-0.05, 0) is 103 Å². The summed E-state index contributed by atoms with van der Waals surface area (Å²) in [6, 6.07) is -2.52. The third kappa shape index (κ3) is 18.0. The van der Waals surface area contributed by atoms with Gasteiger partial charge in [-0.25, -0.2) is 14.4 Å². The third-order valence-electron chi connectivity index (χ3n) is 12.2. The zero-order chi connectivity index (χ0) is 45.7. The maximum absolute atomic E-state index is 12.5. The first-order valence-corrected chi connectivity index (χ1v) is 23.0. The van der Waals surface area contributed by atoms with Crippen LogP contribution in [0, 0.1) is 11.8 Å². The van der Waals surface area contributed by atoms with Crippen molar-refractivity contribution in [1.82, 2.24) is 25.8 Å². The number of aliphatic carboxylic acids is 2. The van der Waals surface area contributed by atoms with Crippen molar-refractivity contribution < 1.29 is 57.9 Å². The number of ether oxygens (including phenoxy) is 5. The maximum Gasteiger partial charge on any atom is 0.407 e. The predicted octanol–water partition coefficient (Wildman–Crippen LogP) is 3.22. The van der Waals surface area contributed by atoms with Crippen LogP contribution in [0.15, 0.2) is 23.3 Å². The molecule has 364 valence electrons. The highest BCUT2D eigenvalue weighted by atomic mass is 16.6. The molecule has 0 aromatic carbocycles. The Labute approximate surface area is 379 Å². The van der Waals surface area contributed by atoms with E-state index >= 15 is 0 Å². The van der Waals surface area contributed by atoms with Crippen LogP contribution in [0.5, 0.6) is 0 Å². The summed E-state index contributed by atoms with van der Waals surface area (Å²) >= 11 is 0. The average Bonchev–Trinajstić information content (AvgIpc) is 4.15. The Bertz CT molecular complexity index is 1610. The minimum Gasteiger partial charge on any atom is -0.478 e. The largest absolute Gasteiger partial charge is 0.478 e. The van der Waals surface area contributed by atoms with Gasteiger partial charge in [-0.3, -0.25) is 19.4 Å². The topological polar surface area (TPSA) is 241 Å². The van der Waals surface area contributed by atoms with Crippen LogP contribution in [0.1, 0.15) is 106 Å². The molecule has 6 rings (SSSR count). The monoisotopic (exact) mass is 907 g/mol. The molecule has 4 aliphatic carbocycles. The van der Waals surface area contributed by atoms with E-state index in [0.717, 1.165) is 63.8 Å². The number of nitrogens with zero attached hydrogens (tertiary/aromatic N) is 2. The minimum absolute atomic E-state index is 0. The van der Waals surface area contributed by atoms with Gasteiger partial charge in [-0.1, -0.05) is 19.6 Å². The van der Waals surface area contributed by atoms with Crippen LogP contribution in [0.3, 0.4) is 0 Å². The number of rotatable bonds is 19. The number of carboxylic acid groups (broad SMARTS) is 2. The molecule has 0 bridgehead atoms. The van der Waals surface area contributed by atoms with E-state index in [2.05, 4.69) is 25.8 Å². The van der Waals surface area contributed by atoms with Gasteiger partial charge >= 0.3 is 18.0 Å². The molecule has 64 heavy (non-hydrogen) atoms. The van der Waals surface area contributed by atoms with E-state index in [0.29, 0.717) is 45.1 Å². The van der Waals surface area contributed by atoms with Crippen molar-refractivity contribution in [3.63, 3.8) is 0 Å². The summed E-state index contributed by atoms with van der Waals surface area (Å²) in [5.74, 6) is -0.920. The summed E-state index contributed by atoms with van der Waals surface area (Å²) in [4.78, 5) is 64.1. The van der Waals surface area contributed by atoms with Crippen LogP contribution in [-0.2, 0) is 42.9 Å². The lowest BCUT2D eigenvalue weighted by Crippen LogP contribution is -2.64. The number of carbonyl (C=O) groups is 5. The number of amides is 3. The number of likely N-dealkylation sites (tertiary alicyclic amines) is 2. The molecule has 0 aromatic heterocycles. The SMILES string of the molecule is C.CC(=O)N[C@@H]1[C@@H](NC(=O)OC(C)(C)C)CC(C(=O)O)=C[C@H]1N1CCC[C@H](OCCOCC2CC2)C1.CC(=O)N[C@H]1[C@H](N2CCC[C@H](OCCOCC3CC3)C2)C=C(C(=O)O)C[C@@H]1N. The summed E-state index contributed by atoms with van der Waals surface area (Å²) in [5.41, 5.74) is 6.05. The summed E-state index contributed by atoms with van der Waals surface area (Å²) in [5, 5.41) is 27.9. The van der Waals surface area contributed by atoms with Crippen LogP contribution >= 0.6 is 0 Å². The van der Waals surface area contributed by atoms with Crippen molar-refractivity contribution in [2.24, 2.45) is 17.6 Å². The molecule has 4 fully saturated rings. The molecule has 0 aromatic rings. The molecule has 2 heterocycles. The Hall–Kier alpha value is -3.65. The number of carboxylic acids is 2. The van der Waals surface area contributed by atoms with Gasteiger partial charge in [0.15, 0.2) is 0 Å². The first-order chi connectivity index (χ1) is 29.9. The summed E-state index contributed by atoms with van der Waals surface area (Å²) < 4.78 is 28.8. The highest BCUT2D eigenvalue weighted by Crippen LogP contribution is 2.31. The molecule has 6 aliphatic rings. The lowest BCUT2D eigenvalue weighted by molar-refractivity contribution is -0.134. The fourth-order valence-electron chi connectivity index (χ4n) is 8.78. The fraction of sp³-hybridized carbons (Fsp3) is 0.804. The quantitative estimate of drug-likeness (QED) is 0.102. The van der Waals surface area contributed by atoms with Crippen LogP contribution in [0.4, 0.5) is 4.79 Å². The van der Waals surface area contributed by atoms with E-state index in [9.17, 15) is 34.2 Å². The molecule has 18 heteroatoms. The molecular formula is C46H78N6O12. The lowest BCUT2D eigenvalue weighted by Gasteiger charge is -2.45. The van der Waals surface area contributed by atoms with Crippen molar-refractivity contribution in [3.05, 3.63) is 23.3 Å². The van der Waals surface area contributed by atoms with E-state index in [1.54, 1.807) is 32.9 Å². The van der Waals surface area contributed by atoms with Crippen molar-refractivity contribution in [1.29, 1.82) is 0 Å². The molecule has 3 amide bonds. The van der Waals surface area contributed by atoms with Gasteiger partial charge in [0, 0.05) is 63.8 Å². The second-order valence-corrected chi connectivity index (χ2v) is 19.0.